The van der Waals surface area contributed by atoms with Crippen LogP contribution in [0, 0.1) is 24.6 Å². The van der Waals surface area contributed by atoms with E-state index in [1.54, 1.807) is 47.4 Å². The molecule has 2 atom stereocenters. The molecule has 1 aromatic carbocycles. The van der Waals surface area contributed by atoms with E-state index in [4.69, 9.17) is 10.5 Å². The van der Waals surface area contributed by atoms with Gasteiger partial charge in [0, 0.05) is 27.7 Å². The van der Waals surface area contributed by atoms with E-state index in [1.165, 1.54) is 6.08 Å². The fraction of sp³-hybridized carbons (Fsp3) is 0.360. The standard InChI is InChI=1S/C25H28FN7O3/c1-6-20(34)32-12-16(11-17(32)13-36-5)33-25(28-3)21(24(27)35)18(30-33)9-7-15-8-10-19-23(22(15)26)29-14(2)31(19)4/h6,8,10,16-17,28H,1,11-13H2,2-5H3,(H2,27,35)/t16-,17+/m0/s1. The van der Waals surface area contributed by atoms with E-state index < -0.39 is 11.7 Å². The van der Waals surface area contributed by atoms with Gasteiger partial charge < -0.3 is 25.3 Å². The van der Waals surface area contributed by atoms with Gasteiger partial charge in [-0.15, -0.1) is 0 Å². The SMILES string of the molecule is C=CC(=O)N1C[C@@H](n2nc(C#Cc3ccc4c(nc(C)n4C)c3F)c(C(N)=O)c2NC)C[C@@H]1COC. The zero-order chi connectivity index (χ0) is 26.1. The first-order valence-electron chi connectivity index (χ1n) is 11.4. The summed E-state index contributed by atoms with van der Waals surface area (Å²) in [5.74, 6) is 5.16. The third-order valence-corrected chi connectivity index (χ3v) is 6.48. The molecule has 1 fully saturated rings. The molecule has 0 aliphatic carbocycles. The molecule has 0 unspecified atom stereocenters. The van der Waals surface area contributed by atoms with Gasteiger partial charge in [0.1, 0.15) is 22.7 Å². The molecule has 4 rings (SSSR count). The van der Waals surface area contributed by atoms with E-state index in [0.717, 1.165) is 0 Å². The third-order valence-electron chi connectivity index (χ3n) is 6.48. The molecule has 1 aliphatic heterocycles. The van der Waals surface area contributed by atoms with Gasteiger partial charge in [0.25, 0.3) is 5.91 Å². The normalized spacial score (nSPS) is 17.2. The van der Waals surface area contributed by atoms with Crippen LogP contribution in [0.4, 0.5) is 10.2 Å². The number of methoxy groups -OCH3 is 1. The van der Waals surface area contributed by atoms with Crippen LogP contribution in [-0.2, 0) is 16.6 Å². The van der Waals surface area contributed by atoms with Crippen LogP contribution in [0.15, 0.2) is 24.8 Å². The minimum Gasteiger partial charge on any atom is -0.383 e. The van der Waals surface area contributed by atoms with Gasteiger partial charge in [0.05, 0.1) is 29.8 Å². The van der Waals surface area contributed by atoms with E-state index in [-0.39, 0.29) is 40.3 Å². The summed E-state index contributed by atoms with van der Waals surface area (Å²) in [6, 6.07) is 2.86. The predicted octanol–water partition coefficient (Wildman–Crippen LogP) is 1.73. The number of fused-ring (bicyclic) bond motifs is 1. The van der Waals surface area contributed by atoms with Crippen LogP contribution in [0.2, 0.25) is 0 Å². The number of rotatable bonds is 6. The number of aromatic nitrogens is 4. The number of halogens is 1. The second-order valence-electron chi connectivity index (χ2n) is 8.59. The number of likely N-dealkylation sites (tertiary alicyclic amines) is 1. The summed E-state index contributed by atoms with van der Waals surface area (Å²) >= 11 is 0. The summed E-state index contributed by atoms with van der Waals surface area (Å²) < 4.78 is 23.8. The fourth-order valence-electron chi connectivity index (χ4n) is 4.63. The van der Waals surface area contributed by atoms with E-state index >= 15 is 4.39 Å². The van der Waals surface area contributed by atoms with Gasteiger partial charge in [0.15, 0.2) is 11.5 Å². The first kappa shape index (κ1) is 24.9. The number of nitrogens with two attached hydrogens (primary N) is 1. The van der Waals surface area contributed by atoms with Crippen molar-refractivity contribution in [3.05, 3.63) is 53.3 Å². The molecule has 36 heavy (non-hydrogen) atoms. The maximum absolute atomic E-state index is 15.1. The molecule has 3 heterocycles. The Kier molecular flexibility index (Phi) is 6.81. The first-order chi connectivity index (χ1) is 17.2. The number of imidazole rings is 1. The molecule has 0 spiro atoms. The van der Waals surface area contributed by atoms with Crippen LogP contribution in [0.3, 0.4) is 0 Å². The highest BCUT2D eigenvalue weighted by Gasteiger charge is 2.37. The zero-order valence-electron chi connectivity index (χ0n) is 20.6. The number of primary amides is 1. The van der Waals surface area contributed by atoms with Crippen molar-refractivity contribution in [3.8, 4) is 11.8 Å². The summed E-state index contributed by atoms with van der Waals surface area (Å²) in [6.45, 7) is 6.05. The quantitative estimate of drug-likeness (QED) is 0.399. The number of ether oxygens (including phenoxy) is 1. The Morgan fingerprint density at radius 3 is 2.78 bits per heavy atom. The Labute approximate surface area is 207 Å². The predicted molar refractivity (Wildman–Crippen MR) is 133 cm³/mol. The molecule has 11 heteroatoms. The molecule has 10 nitrogen and oxygen atoms in total. The number of nitrogens with zero attached hydrogens (tertiary/aromatic N) is 5. The van der Waals surface area contributed by atoms with Crippen LogP contribution in [0.25, 0.3) is 11.0 Å². The molecule has 0 saturated carbocycles. The highest BCUT2D eigenvalue weighted by atomic mass is 19.1. The Bertz CT molecular complexity index is 1430. The molecule has 1 aliphatic rings. The van der Waals surface area contributed by atoms with Gasteiger partial charge in [0.2, 0.25) is 5.91 Å². The summed E-state index contributed by atoms with van der Waals surface area (Å²) in [6.07, 6.45) is 1.80. The van der Waals surface area contributed by atoms with Gasteiger partial charge in [-0.1, -0.05) is 12.5 Å². The molecule has 2 amide bonds. The Hall–Kier alpha value is -4.17. The maximum atomic E-state index is 15.1. The fourth-order valence-corrected chi connectivity index (χ4v) is 4.63. The maximum Gasteiger partial charge on any atom is 0.255 e. The molecule has 2 aromatic heterocycles. The average molecular weight is 494 g/mol. The number of carbonyl (C=O) groups excluding carboxylic acids is 2. The number of amides is 2. The number of hydrogen-bond donors (Lipinski definition) is 2. The van der Waals surface area contributed by atoms with Gasteiger partial charge >= 0.3 is 0 Å². The topological polar surface area (TPSA) is 120 Å². The summed E-state index contributed by atoms with van der Waals surface area (Å²) in [4.78, 5) is 30.7. The monoisotopic (exact) mass is 493 g/mol. The second kappa shape index (κ2) is 9.83. The van der Waals surface area contributed by atoms with Crippen molar-refractivity contribution in [2.45, 2.75) is 25.4 Å². The van der Waals surface area contributed by atoms with Crippen molar-refractivity contribution >= 4 is 28.7 Å². The molecule has 188 valence electrons. The van der Waals surface area contributed by atoms with Crippen LogP contribution in [0.1, 0.15) is 39.9 Å². The number of anilines is 1. The Morgan fingerprint density at radius 2 is 2.14 bits per heavy atom. The Balaban J connectivity index is 1.76. The van der Waals surface area contributed by atoms with Crippen molar-refractivity contribution in [3.63, 3.8) is 0 Å². The van der Waals surface area contributed by atoms with Crippen molar-refractivity contribution < 1.29 is 18.7 Å². The average Bonchev–Trinajstić information content (AvgIpc) is 3.52. The third kappa shape index (κ3) is 4.20. The minimum absolute atomic E-state index is 0.0944. The van der Waals surface area contributed by atoms with Gasteiger partial charge in [-0.05, 0) is 37.5 Å². The molecule has 0 radical (unpaired) electrons. The number of hydrogen-bond acceptors (Lipinski definition) is 6. The first-order valence-corrected chi connectivity index (χ1v) is 11.4. The highest BCUT2D eigenvalue weighted by molar-refractivity contribution is 6.00. The van der Waals surface area contributed by atoms with Crippen molar-refractivity contribution in [2.24, 2.45) is 12.8 Å². The number of benzene rings is 1. The summed E-state index contributed by atoms with van der Waals surface area (Å²) in [7, 11) is 5.02. The van der Waals surface area contributed by atoms with E-state index in [1.807, 2.05) is 7.05 Å². The van der Waals surface area contributed by atoms with Crippen LogP contribution >= 0.6 is 0 Å². The number of nitrogens with one attached hydrogen (secondary N) is 1. The smallest absolute Gasteiger partial charge is 0.255 e. The molecular formula is C25H28FN7O3. The second-order valence-corrected chi connectivity index (χ2v) is 8.59. The lowest BCUT2D eigenvalue weighted by Crippen LogP contribution is -2.37. The van der Waals surface area contributed by atoms with Crippen molar-refractivity contribution in [2.75, 3.05) is 32.6 Å². The summed E-state index contributed by atoms with van der Waals surface area (Å²) in [5, 5.41) is 7.54. The number of carbonyl (C=O) groups is 2. The number of aryl methyl sites for hydroxylation is 2. The van der Waals surface area contributed by atoms with Gasteiger partial charge in [-0.25, -0.2) is 14.1 Å². The van der Waals surface area contributed by atoms with Crippen molar-refractivity contribution in [1.82, 2.24) is 24.2 Å². The molecular weight excluding hydrogens is 465 g/mol. The molecule has 3 N–H and O–H groups in total. The summed E-state index contributed by atoms with van der Waals surface area (Å²) in [5.41, 5.74) is 6.89. The molecule has 3 aromatic rings. The van der Waals surface area contributed by atoms with E-state index in [9.17, 15) is 9.59 Å². The van der Waals surface area contributed by atoms with Crippen LogP contribution in [0.5, 0.6) is 0 Å². The zero-order valence-corrected chi connectivity index (χ0v) is 20.6. The lowest BCUT2D eigenvalue weighted by molar-refractivity contribution is -0.127. The van der Waals surface area contributed by atoms with E-state index in [0.29, 0.717) is 36.7 Å². The molecule has 1 saturated heterocycles. The molecule has 0 bridgehead atoms. The minimum atomic E-state index is -0.725. The van der Waals surface area contributed by atoms with Crippen LogP contribution < -0.4 is 11.1 Å². The van der Waals surface area contributed by atoms with Gasteiger partial charge in [-0.3, -0.25) is 9.59 Å². The lowest BCUT2D eigenvalue weighted by Gasteiger charge is -2.22. The highest BCUT2D eigenvalue weighted by Crippen LogP contribution is 2.32. The van der Waals surface area contributed by atoms with Crippen LogP contribution in [-0.4, -0.2) is 69.4 Å². The largest absolute Gasteiger partial charge is 0.383 e. The van der Waals surface area contributed by atoms with E-state index in [2.05, 4.69) is 33.8 Å². The van der Waals surface area contributed by atoms with Crippen molar-refractivity contribution in [1.29, 1.82) is 0 Å². The Morgan fingerprint density at radius 1 is 1.39 bits per heavy atom. The lowest BCUT2D eigenvalue weighted by atomic mass is 10.1. The van der Waals surface area contributed by atoms with Gasteiger partial charge in [-0.2, -0.15) is 5.10 Å².